The SMILES string of the molecule is COc1ccc([C@@H](NC(=O)Cc2cccc(O)c2)C(=O)NCCc2ccc(F)c([N+](=O)[O-])c2)cc1. The van der Waals surface area contributed by atoms with Gasteiger partial charge in [0.2, 0.25) is 17.6 Å². The lowest BCUT2D eigenvalue weighted by molar-refractivity contribution is -0.387. The van der Waals surface area contributed by atoms with Crippen LogP contribution in [0.25, 0.3) is 0 Å². The number of carbonyl (C=O) groups is 2. The standard InChI is InChI=1S/C25H24FN3O6/c1-35-20-8-6-18(7-9-20)24(28-23(31)15-17-3-2-4-19(30)13-17)25(32)27-12-11-16-5-10-21(26)22(14-16)29(33)34/h2-10,13-14,24,30H,11-12,15H2,1H3,(H,27,32)(H,28,31)/t24-/m1/s1. The highest BCUT2D eigenvalue weighted by Crippen LogP contribution is 2.20. The molecule has 0 aliphatic carbocycles. The Morgan fingerprint density at radius 3 is 2.49 bits per heavy atom. The molecule has 0 unspecified atom stereocenters. The molecule has 3 rings (SSSR count). The summed E-state index contributed by atoms with van der Waals surface area (Å²) in [5.74, 6) is -1.24. The molecule has 0 saturated carbocycles. The van der Waals surface area contributed by atoms with E-state index in [0.29, 0.717) is 22.4 Å². The summed E-state index contributed by atoms with van der Waals surface area (Å²) in [5.41, 5.74) is 0.940. The number of benzene rings is 3. The highest BCUT2D eigenvalue weighted by Gasteiger charge is 2.23. The minimum absolute atomic E-state index is 0.0285. The van der Waals surface area contributed by atoms with Gasteiger partial charge in [0, 0.05) is 12.6 Å². The molecule has 0 bridgehead atoms. The van der Waals surface area contributed by atoms with Crippen molar-refractivity contribution in [3.8, 4) is 11.5 Å². The van der Waals surface area contributed by atoms with E-state index in [2.05, 4.69) is 10.6 Å². The average molecular weight is 481 g/mol. The van der Waals surface area contributed by atoms with Gasteiger partial charge in [0.25, 0.3) is 0 Å². The van der Waals surface area contributed by atoms with E-state index in [4.69, 9.17) is 4.74 Å². The van der Waals surface area contributed by atoms with E-state index in [1.165, 1.54) is 25.3 Å². The number of carbonyl (C=O) groups excluding carboxylic acids is 2. The van der Waals surface area contributed by atoms with Crippen LogP contribution in [0.4, 0.5) is 10.1 Å². The number of ether oxygens (including phenoxy) is 1. The topological polar surface area (TPSA) is 131 Å². The largest absolute Gasteiger partial charge is 0.508 e. The van der Waals surface area contributed by atoms with Gasteiger partial charge in [-0.1, -0.05) is 30.3 Å². The molecule has 0 aromatic heterocycles. The zero-order chi connectivity index (χ0) is 25.4. The van der Waals surface area contributed by atoms with Crippen molar-refractivity contribution in [1.82, 2.24) is 10.6 Å². The lowest BCUT2D eigenvalue weighted by atomic mass is 10.0. The Morgan fingerprint density at radius 2 is 1.83 bits per heavy atom. The molecular weight excluding hydrogens is 457 g/mol. The van der Waals surface area contributed by atoms with Gasteiger partial charge >= 0.3 is 5.69 Å². The molecule has 0 aliphatic heterocycles. The summed E-state index contributed by atoms with van der Waals surface area (Å²) in [5, 5.41) is 26.0. The molecule has 2 amide bonds. The van der Waals surface area contributed by atoms with Crippen LogP contribution < -0.4 is 15.4 Å². The molecule has 0 fully saturated rings. The quantitative estimate of drug-likeness (QED) is 0.301. The van der Waals surface area contributed by atoms with Gasteiger partial charge in [0.15, 0.2) is 0 Å². The number of phenolic OH excluding ortho intramolecular Hbond substituents is 1. The van der Waals surface area contributed by atoms with E-state index in [-0.39, 0.29) is 25.1 Å². The number of aromatic hydroxyl groups is 1. The van der Waals surface area contributed by atoms with Gasteiger partial charge in [-0.3, -0.25) is 19.7 Å². The van der Waals surface area contributed by atoms with E-state index >= 15 is 0 Å². The minimum Gasteiger partial charge on any atom is -0.508 e. The first-order valence-electron chi connectivity index (χ1n) is 10.7. The van der Waals surface area contributed by atoms with E-state index < -0.39 is 34.3 Å². The van der Waals surface area contributed by atoms with Gasteiger partial charge in [-0.05, 0) is 53.4 Å². The minimum atomic E-state index is -1.02. The van der Waals surface area contributed by atoms with Crippen LogP contribution >= 0.6 is 0 Å². The maximum absolute atomic E-state index is 13.5. The second kappa shape index (κ2) is 11.6. The van der Waals surface area contributed by atoms with Crippen LogP contribution in [0, 0.1) is 15.9 Å². The first-order valence-corrected chi connectivity index (χ1v) is 10.7. The number of nitrogens with one attached hydrogen (secondary N) is 2. The predicted octanol–water partition coefficient (Wildman–Crippen LogP) is 3.21. The lowest BCUT2D eigenvalue weighted by Gasteiger charge is -2.19. The number of nitro groups is 1. The Labute approximate surface area is 200 Å². The normalized spacial score (nSPS) is 11.4. The number of hydrogen-bond donors (Lipinski definition) is 3. The number of amides is 2. The van der Waals surface area contributed by atoms with Gasteiger partial charge in [0.1, 0.15) is 17.5 Å². The van der Waals surface area contributed by atoms with Crippen molar-refractivity contribution in [2.24, 2.45) is 0 Å². The maximum Gasteiger partial charge on any atom is 0.305 e. The smallest absolute Gasteiger partial charge is 0.305 e. The average Bonchev–Trinajstić information content (AvgIpc) is 2.83. The summed E-state index contributed by atoms with van der Waals surface area (Å²) in [7, 11) is 1.51. The Morgan fingerprint density at radius 1 is 1.09 bits per heavy atom. The van der Waals surface area contributed by atoms with E-state index in [1.54, 1.807) is 36.4 Å². The summed E-state index contributed by atoms with van der Waals surface area (Å²) < 4.78 is 18.7. The summed E-state index contributed by atoms with van der Waals surface area (Å²) in [6.07, 6.45) is 0.174. The highest BCUT2D eigenvalue weighted by molar-refractivity contribution is 5.89. The number of methoxy groups -OCH3 is 1. The zero-order valence-corrected chi connectivity index (χ0v) is 18.9. The van der Waals surface area contributed by atoms with Crippen LogP contribution in [0.1, 0.15) is 22.7 Å². The predicted molar refractivity (Wildman–Crippen MR) is 125 cm³/mol. The Kier molecular flexibility index (Phi) is 8.33. The fraction of sp³-hybridized carbons (Fsp3) is 0.200. The first kappa shape index (κ1) is 25.2. The molecule has 0 radical (unpaired) electrons. The van der Waals surface area contributed by atoms with E-state index in [0.717, 1.165) is 12.1 Å². The molecule has 0 saturated heterocycles. The van der Waals surface area contributed by atoms with Gasteiger partial charge in [-0.25, -0.2) is 0 Å². The van der Waals surface area contributed by atoms with Crippen LogP contribution in [-0.4, -0.2) is 35.5 Å². The number of rotatable bonds is 10. The van der Waals surface area contributed by atoms with Gasteiger partial charge < -0.3 is 20.5 Å². The number of hydrogen-bond acceptors (Lipinski definition) is 6. The van der Waals surface area contributed by atoms with Gasteiger partial charge in [0.05, 0.1) is 18.5 Å². The lowest BCUT2D eigenvalue weighted by Crippen LogP contribution is -2.41. The van der Waals surface area contributed by atoms with E-state index in [9.17, 15) is 29.2 Å². The van der Waals surface area contributed by atoms with Crippen LogP contribution in [0.15, 0.2) is 66.7 Å². The van der Waals surface area contributed by atoms with Crippen molar-refractivity contribution in [2.45, 2.75) is 18.9 Å². The fourth-order valence-electron chi connectivity index (χ4n) is 3.45. The first-order chi connectivity index (χ1) is 16.8. The van der Waals surface area contributed by atoms with Crippen molar-refractivity contribution >= 4 is 17.5 Å². The van der Waals surface area contributed by atoms with Gasteiger partial charge in [-0.15, -0.1) is 0 Å². The van der Waals surface area contributed by atoms with Crippen molar-refractivity contribution in [3.05, 3.63) is 99.4 Å². The van der Waals surface area contributed by atoms with Crippen LogP contribution in [0.5, 0.6) is 11.5 Å². The number of nitrogens with zero attached hydrogens (tertiary/aromatic N) is 1. The molecular formula is C25H24FN3O6. The third-order valence-corrected chi connectivity index (χ3v) is 5.21. The summed E-state index contributed by atoms with van der Waals surface area (Å²) in [6, 6.07) is 15.4. The summed E-state index contributed by atoms with van der Waals surface area (Å²) in [4.78, 5) is 35.8. The summed E-state index contributed by atoms with van der Waals surface area (Å²) in [6.45, 7) is 0.108. The Hall–Kier alpha value is -4.47. The van der Waals surface area contributed by atoms with Crippen molar-refractivity contribution < 1.29 is 28.7 Å². The van der Waals surface area contributed by atoms with Crippen LogP contribution in [0.3, 0.4) is 0 Å². The number of nitro benzene ring substituents is 1. The fourth-order valence-corrected chi connectivity index (χ4v) is 3.45. The van der Waals surface area contributed by atoms with Gasteiger partial charge in [-0.2, -0.15) is 4.39 Å². The molecule has 3 aromatic carbocycles. The maximum atomic E-state index is 13.5. The molecule has 35 heavy (non-hydrogen) atoms. The van der Waals surface area contributed by atoms with Crippen LogP contribution in [-0.2, 0) is 22.4 Å². The highest BCUT2D eigenvalue weighted by atomic mass is 19.1. The molecule has 10 heteroatoms. The van der Waals surface area contributed by atoms with Crippen molar-refractivity contribution in [3.63, 3.8) is 0 Å². The Balaban J connectivity index is 1.70. The second-order valence-electron chi connectivity index (χ2n) is 7.70. The third-order valence-electron chi connectivity index (χ3n) is 5.21. The zero-order valence-electron chi connectivity index (χ0n) is 18.9. The molecule has 9 nitrogen and oxygen atoms in total. The number of halogens is 1. The molecule has 1 atom stereocenters. The third kappa shape index (κ3) is 7.00. The summed E-state index contributed by atoms with van der Waals surface area (Å²) >= 11 is 0. The molecule has 182 valence electrons. The number of phenols is 1. The van der Waals surface area contributed by atoms with E-state index in [1.807, 2.05) is 0 Å². The molecule has 0 spiro atoms. The Bertz CT molecular complexity index is 1220. The molecule has 0 heterocycles. The monoisotopic (exact) mass is 481 g/mol. The molecule has 0 aliphatic rings. The molecule has 3 N–H and O–H groups in total. The van der Waals surface area contributed by atoms with Crippen molar-refractivity contribution in [2.75, 3.05) is 13.7 Å². The molecule has 3 aromatic rings. The second-order valence-corrected chi connectivity index (χ2v) is 7.70. The van der Waals surface area contributed by atoms with Crippen molar-refractivity contribution in [1.29, 1.82) is 0 Å². The van der Waals surface area contributed by atoms with Crippen LogP contribution in [0.2, 0.25) is 0 Å².